The highest BCUT2D eigenvalue weighted by Crippen LogP contribution is 2.25. The predicted octanol–water partition coefficient (Wildman–Crippen LogP) is 4.43. The molecule has 0 spiro atoms. The Morgan fingerprint density at radius 2 is 2.00 bits per heavy atom. The molecule has 136 valence electrons. The minimum atomic E-state index is -0.107. The van der Waals surface area contributed by atoms with Crippen LogP contribution in [-0.4, -0.2) is 30.6 Å². The monoisotopic (exact) mass is 352 g/mol. The maximum Gasteiger partial charge on any atom is 0.252 e. The van der Waals surface area contributed by atoms with E-state index in [0.29, 0.717) is 30.2 Å². The highest BCUT2D eigenvalue weighted by atomic mass is 16.5. The van der Waals surface area contributed by atoms with Gasteiger partial charge in [-0.25, -0.2) is 4.98 Å². The van der Waals surface area contributed by atoms with Gasteiger partial charge in [-0.3, -0.25) is 4.79 Å². The fourth-order valence-electron chi connectivity index (χ4n) is 2.73. The fraction of sp³-hybridized carbons (Fsp3) is 0.333. The van der Waals surface area contributed by atoms with Gasteiger partial charge >= 0.3 is 0 Å². The number of benzene rings is 1. The lowest BCUT2D eigenvalue weighted by atomic mass is 10.1. The lowest BCUT2D eigenvalue weighted by Crippen LogP contribution is -2.25. The number of furan rings is 1. The summed E-state index contributed by atoms with van der Waals surface area (Å²) in [5.41, 5.74) is 2.03. The molecule has 0 saturated heterocycles. The van der Waals surface area contributed by atoms with Crippen LogP contribution in [0.2, 0.25) is 0 Å². The molecular weight excluding hydrogens is 328 g/mol. The second kappa shape index (κ2) is 9.15. The van der Waals surface area contributed by atoms with Crippen molar-refractivity contribution >= 4 is 16.8 Å². The van der Waals surface area contributed by atoms with Gasteiger partial charge < -0.3 is 14.5 Å². The second-order valence-electron chi connectivity index (χ2n) is 6.12. The summed E-state index contributed by atoms with van der Waals surface area (Å²) >= 11 is 0. The largest absolute Gasteiger partial charge is 0.463 e. The summed E-state index contributed by atoms with van der Waals surface area (Å²) < 4.78 is 11.0. The van der Waals surface area contributed by atoms with Gasteiger partial charge in [-0.1, -0.05) is 31.5 Å². The van der Waals surface area contributed by atoms with E-state index < -0.39 is 0 Å². The third-order valence-corrected chi connectivity index (χ3v) is 4.13. The van der Waals surface area contributed by atoms with Gasteiger partial charge in [0, 0.05) is 25.1 Å². The van der Waals surface area contributed by atoms with E-state index in [1.165, 1.54) is 0 Å². The minimum absolute atomic E-state index is 0.107. The topological polar surface area (TPSA) is 64.4 Å². The number of ether oxygens (including phenoxy) is 1. The van der Waals surface area contributed by atoms with Crippen LogP contribution >= 0.6 is 0 Å². The van der Waals surface area contributed by atoms with Gasteiger partial charge in [0.15, 0.2) is 5.76 Å². The molecule has 0 saturated carbocycles. The van der Waals surface area contributed by atoms with E-state index in [4.69, 9.17) is 9.15 Å². The van der Waals surface area contributed by atoms with Crippen molar-refractivity contribution in [1.82, 2.24) is 10.3 Å². The van der Waals surface area contributed by atoms with E-state index in [0.717, 1.165) is 36.8 Å². The molecule has 0 unspecified atom stereocenters. The van der Waals surface area contributed by atoms with Crippen molar-refractivity contribution in [2.45, 2.75) is 26.2 Å². The first-order valence-corrected chi connectivity index (χ1v) is 9.09. The Hall–Kier alpha value is -2.66. The fourth-order valence-corrected chi connectivity index (χ4v) is 2.73. The molecule has 1 amide bonds. The highest BCUT2D eigenvalue weighted by Gasteiger charge is 2.14. The van der Waals surface area contributed by atoms with Gasteiger partial charge in [-0.15, -0.1) is 0 Å². The number of aromatic nitrogens is 1. The molecule has 0 aliphatic rings. The Bertz CT molecular complexity index is 844. The summed E-state index contributed by atoms with van der Waals surface area (Å²) in [5, 5.41) is 3.81. The number of pyridine rings is 1. The molecule has 2 heterocycles. The van der Waals surface area contributed by atoms with Crippen LogP contribution in [0.3, 0.4) is 0 Å². The number of para-hydroxylation sites is 1. The van der Waals surface area contributed by atoms with Gasteiger partial charge in [0.05, 0.1) is 17.3 Å². The summed E-state index contributed by atoms with van der Waals surface area (Å²) in [6.07, 6.45) is 4.60. The van der Waals surface area contributed by atoms with Crippen LogP contribution in [0.25, 0.3) is 22.4 Å². The number of unbranched alkanes of at least 4 members (excludes halogenated alkanes) is 1. The first-order chi connectivity index (χ1) is 12.8. The zero-order valence-electron chi connectivity index (χ0n) is 15.0. The van der Waals surface area contributed by atoms with Crippen LogP contribution in [0.15, 0.2) is 53.1 Å². The third-order valence-electron chi connectivity index (χ3n) is 4.13. The molecule has 1 N–H and O–H groups in total. The van der Waals surface area contributed by atoms with Crippen molar-refractivity contribution in [3.05, 3.63) is 54.3 Å². The lowest BCUT2D eigenvalue weighted by Gasteiger charge is -2.10. The number of carbonyl (C=O) groups is 1. The lowest BCUT2D eigenvalue weighted by molar-refractivity contribution is 0.0942. The van der Waals surface area contributed by atoms with Gasteiger partial charge in [0.1, 0.15) is 5.69 Å². The zero-order valence-corrected chi connectivity index (χ0v) is 15.0. The summed E-state index contributed by atoms with van der Waals surface area (Å²) in [7, 11) is 0. The first kappa shape index (κ1) is 18.1. The van der Waals surface area contributed by atoms with E-state index in [2.05, 4.69) is 17.2 Å². The average Bonchev–Trinajstić information content (AvgIpc) is 3.21. The standard InChI is InChI=1S/C21H24N2O3/c1-2-3-12-25-13-7-11-22-21(24)17-15-19(20-10-6-14-26-20)23-18-9-5-4-8-16(17)18/h4-6,8-10,14-15H,2-3,7,11-13H2,1H3,(H,22,24). The maximum absolute atomic E-state index is 12.7. The van der Waals surface area contributed by atoms with Crippen LogP contribution in [0.5, 0.6) is 0 Å². The number of carbonyl (C=O) groups excluding carboxylic acids is 1. The molecule has 0 aliphatic heterocycles. The number of nitrogens with zero attached hydrogens (tertiary/aromatic N) is 1. The average molecular weight is 352 g/mol. The van der Waals surface area contributed by atoms with Crippen LogP contribution in [-0.2, 0) is 4.74 Å². The molecule has 3 aromatic rings. The predicted molar refractivity (Wildman–Crippen MR) is 102 cm³/mol. The summed E-state index contributed by atoms with van der Waals surface area (Å²) in [4.78, 5) is 17.3. The molecule has 1 aromatic carbocycles. The van der Waals surface area contributed by atoms with E-state index in [9.17, 15) is 4.79 Å². The van der Waals surface area contributed by atoms with Crippen molar-refractivity contribution in [3.63, 3.8) is 0 Å². The molecule has 0 bridgehead atoms. The zero-order chi connectivity index (χ0) is 18.2. The van der Waals surface area contributed by atoms with E-state index in [-0.39, 0.29) is 5.91 Å². The summed E-state index contributed by atoms with van der Waals surface area (Å²) in [6.45, 7) is 4.16. The SMILES string of the molecule is CCCCOCCCNC(=O)c1cc(-c2ccco2)nc2ccccc12. The van der Waals surface area contributed by atoms with E-state index in [1.807, 2.05) is 36.4 Å². The molecule has 0 fully saturated rings. The highest BCUT2D eigenvalue weighted by molar-refractivity contribution is 6.07. The Morgan fingerprint density at radius 3 is 2.81 bits per heavy atom. The molecular formula is C21H24N2O3. The molecule has 5 nitrogen and oxygen atoms in total. The number of hydrogen-bond acceptors (Lipinski definition) is 4. The first-order valence-electron chi connectivity index (χ1n) is 9.09. The maximum atomic E-state index is 12.7. The molecule has 3 rings (SSSR count). The van der Waals surface area contributed by atoms with Gasteiger partial charge in [-0.05, 0) is 37.1 Å². The van der Waals surface area contributed by atoms with Crippen molar-refractivity contribution in [2.75, 3.05) is 19.8 Å². The van der Waals surface area contributed by atoms with Gasteiger partial charge in [0.25, 0.3) is 5.91 Å². The van der Waals surface area contributed by atoms with Crippen LogP contribution in [0.4, 0.5) is 0 Å². The van der Waals surface area contributed by atoms with Crippen LogP contribution < -0.4 is 5.32 Å². The number of amides is 1. The quantitative estimate of drug-likeness (QED) is 0.579. The smallest absolute Gasteiger partial charge is 0.252 e. The molecule has 26 heavy (non-hydrogen) atoms. The van der Waals surface area contributed by atoms with Crippen molar-refractivity contribution < 1.29 is 13.9 Å². The molecule has 0 radical (unpaired) electrons. The number of hydrogen-bond donors (Lipinski definition) is 1. The van der Waals surface area contributed by atoms with Crippen molar-refractivity contribution in [3.8, 4) is 11.5 Å². The number of nitrogens with one attached hydrogen (secondary N) is 1. The van der Waals surface area contributed by atoms with Gasteiger partial charge in [0.2, 0.25) is 0 Å². The molecule has 5 heteroatoms. The Labute approximate surface area is 153 Å². The Kier molecular flexibility index (Phi) is 6.39. The molecule has 0 atom stereocenters. The minimum Gasteiger partial charge on any atom is -0.463 e. The number of fused-ring (bicyclic) bond motifs is 1. The Morgan fingerprint density at radius 1 is 1.15 bits per heavy atom. The van der Waals surface area contributed by atoms with Gasteiger partial charge in [-0.2, -0.15) is 0 Å². The summed E-state index contributed by atoms with van der Waals surface area (Å²) in [6, 6.07) is 13.1. The third kappa shape index (κ3) is 4.49. The normalized spacial score (nSPS) is 11.0. The van der Waals surface area contributed by atoms with E-state index in [1.54, 1.807) is 12.3 Å². The molecule has 2 aromatic heterocycles. The van der Waals surface area contributed by atoms with Crippen molar-refractivity contribution in [2.24, 2.45) is 0 Å². The number of rotatable bonds is 9. The second-order valence-corrected chi connectivity index (χ2v) is 6.12. The van der Waals surface area contributed by atoms with Crippen LogP contribution in [0, 0.1) is 0 Å². The summed E-state index contributed by atoms with van der Waals surface area (Å²) in [5.74, 6) is 0.541. The molecule has 0 aliphatic carbocycles. The Balaban J connectivity index is 1.70. The van der Waals surface area contributed by atoms with E-state index >= 15 is 0 Å². The van der Waals surface area contributed by atoms with Crippen molar-refractivity contribution in [1.29, 1.82) is 0 Å². The van der Waals surface area contributed by atoms with Crippen LogP contribution in [0.1, 0.15) is 36.5 Å².